The van der Waals surface area contributed by atoms with E-state index in [2.05, 4.69) is 24.0 Å². The number of nitrogens with zero attached hydrogens (tertiary/aromatic N) is 3. The van der Waals surface area contributed by atoms with Gasteiger partial charge in [0.2, 0.25) is 0 Å². The second kappa shape index (κ2) is 5.71. The third-order valence-corrected chi connectivity index (χ3v) is 4.27. The van der Waals surface area contributed by atoms with Crippen molar-refractivity contribution in [1.29, 1.82) is 0 Å². The molecule has 0 aliphatic carbocycles. The maximum Gasteiger partial charge on any atom is 0.256 e. The minimum absolute atomic E-state index is 0.0814. The van der Waals surface area contributed by atoms with E-state index in [0.717, 1.165) is 30.1 Å². The molecule has 98 valence electrons. The molecule has 1 aromatic rings. The lowest BCUT2D eigenvalue weighted by molar-refractivity contribution is 0.0793. The van der Waals surface area contributed by atoms with Gasteiger partial charge < -0.3 is 9.80 Å². The van der Waals surface area contributed by atoms with Gasteiger partial charge in [-0.1, -0.05) is 0 Å². The van der Waals surface area contributed by atoms with Gasteiger partial charge >= 0.3 is 0 Å². The zero-order chi connectivity index (χ0) is 13.1. The molecule has 1 amide bonds. The third-order valence-electron chi connectivity index (χ3n) is 3.00. The number of thioether (sulfide) groups is 1. The van der Waals surface area contributed by atoms with Crippen LogP contribution < -0.4 is 0 Å². The molecule has 1 aliphatic heterocycles. The Bertz CT molecular complexity index is 436. The van der Waals surface area contributed by atoms with E-state index in [4.69, 9.17) is 0 Å². The summed E-state index contributed by atoms with van der Waals surface area (Å²) in [5, 5.41) is 1.29. The zero-order valence-electron chi connectivity index (χ0n) is 11.1. The minimum Gasteiger partial charge on any atom is -0.340 e. The zero-order valence-corrected chi connectivity index (χ0v) is 11.9. The highest BCUT2D eigenvalue weighted by molar-refractivity contribution is 8.00. The van der Waals surface area contributed by atoms with E-state index < -0.39 is 0 Å². The van der Waals surface area contributed by atoms with Crippen molar-refractivity contribution in [2.24, 2.45) is 0 Å². The van der Waals surface area contributed by atoms with Gasteiger partial charge in [0, 0.05) is 25.0 Å². The van der Waals surface area contributed by atoms with Crippen molar-refractivity contribution >= 4 is 17.7 Å². The predicted molar refractivity (Wildman–Crippen MR) is 74.0 cm³/mol. The number of carbonyl (C=O) groups is 1. The topological polar surface area (TPSA) is 36.4 Å². The highest BCUT2D eigenvalue weighted by Crippen LogP contribution is 2.31. The van der Waals surface area contributed by atoms with Crippen LogP contribution in [0.1, 0.15) is 16.8 Å². The average Bonchev–Trinajstić information content (AvgIpc) is 2.46. The van der Waals surface area contributed by atoms with E-state index in [1.165, 1.54) is 0 Å². The van der Waals surface area contributed by atoms with Gasteiger partial charge in [0.25, 0.3) is 5.91 Å². The summed E-state index contributed by atoms with van der Waals surface area (Å²) in [4.78, 5) is 20.5. The van der Waals surface area contributed by atoms with Crippen molar-refractivity contribution in [2.45, 2.75) is 16.7 Å². The van der Waals surface area contributed by atoms with Crippen molar-refractivity contribution in [1.82, 2.24) is 14.8 Å². The summed E-state index contributed by atoms with van der Waals surface area (Å²) >= 11 is 1.73. The number of hydrogen-bond donors (Lipinski definition) is 0. The first-order chi connectivity index (χ1) is 8.58. The molecule has 18 heavy (non-hydrogen) atoms. The molecule has 0 saturated heterocycles. The molecule has 0 bridgehead atoms. The number of rotatable bonds is 3. The quantitative estimate of drug-likeness (QED) is 0.831. The molecule has 0 saturated carbocycles. The Morgan fingerprint density at radius 3 is 3.06 bits per heavy atom. The van der Waals surface area contributed by atoms with Crippen LogP contribution >= 0.6 is 11.8 Å². The summed E-state index contributed by atoms with van der Waals surface area (Å²) in [6, 6.07) is 3.69. The van der Waals surface area contributed by atoms with Gasteiger partial charge in [0.15, 0.2) is 0 Å². The fraction of sp³-hybridized carbons (Fsp3) is 0.538. The molecule has 4 nitrogen and oxygen atoms in total. The van der Waals surface area contributed by atoms with Gasteiger partial charge in [-0.2, -0.15) is 0 Å². The van der Waals surface area contributed by atoms with E-state index in [9.17, 15) is 4.79 Å². The second-order valence-electron chi connectivity index (χ2n) is 4.87. The van der Waals surface area contributed by atoms with Crippen LogP contribution in [0.2, 0.25) is 0 Å². The molecule has 5 heteroatoms. The first kappa shape index (κ1) is 13.4. The Balaban J connectivity index is 2.17. The highest BCUT2D eigenvalue weighted by Gasteiger charge is 2.26. The van der Waals surface area contributed by atoms with Gasteiger partial charge in [0.1, 0.15) is 5.03 Å². The smallest absolute Gasteiger partial charge is 0.256 e. The fourth-order valence-electron chi connectivity index (χ4n) is 1.99. The summed E-state index contributed by atoms with van der Waals surface area (Å²) in [7, 11) is 6.01. The summed E-state index contributed by atoms with van der Waals surface area (Å²) in [5.41, 5.74) is 0.734. The molecule has 2 rings (SSSR count). The Morgan fingerprint density at radius 2 is 2.33 bits per heavy atom. The Labute approximate surface area is 112 Å². The number of amides is 1. The van der Waals surface area contributed by atoms with Crippen molar-refractivity contribution < 1.29 is 4.79 Å². The van der Waals surface area contributed by atoms with Crippen molar-refractivity contribution in [2.75, 3.05) is 34.2 Å². The molecule has 0 spiro atoms. The fourth-order valence-corrected chi connectivity index (χ4v) is 3.23. The number of fused-ring (bicyclic) bond motifs is 1. The van der Waals surface area contributed by atoms with E-state index in [0.29, 0.717) is 5.25 Å². The third kappa shape index (κ3) is 3.03. The molecule has 0 aromatic carbocycles. The summed E-state index contributed by atoms with van der Waals surface area (Å²) in [5.74, 6) is 0.0814. The molecule has 1 aromatic heterocycles. The van der Waals surface area contributed by atoms with Crippen molar-refractivity contribution in [3.05, 3.63) is 23.9 Å². The van der Waals surface area contributed by atoms with Gasteiger partial charge in [-0.05, 0) is 39.2 Å². The number of carbonyl (C=O) groups excluding carboxylic acids is 1. The summed E-state index contributed by atoms with van der Waals surface area (Å²) < 4.78 is 0. The molecule has 0 fully saturated rings. The molecule has 1 unspecified atom stereocenters. The van der Waals surface area contributed by atoms with Crippen LogP contribution in [0, 0.1) is 0 Å². The lowest BCUT2D eigenvalue weighted by Crippen LogP contribution is -2.32. The molecule has 1 aliphatic rings. The standard InChI is InChI=1S/C13H19N3OS/c1-15(2)8-6-10-9-16(3)13(17)11-5-4-7-14-12(11)18-10/h4-5,7,10H,6,8-9H2,1-3H3. The molecular formula is C13H19N3OS. The summed E-state index contributed by atoms with van der Waals surface area (Å²) in [6.07, 6.45) is 2.82. The normalized spacial score (nSPS) is 19.9. The lowest BCUT2D eigenvalue weighted by atomic mass is 10.2. The Kier molecular flexibility index (Phi) is 4.24. The van der Waals surface area contributed by atoms with Crippen LogP contribution in [0.15, 0.2) is 23.4 Å². The monoisotopic (exact) mass is 265 g/mol. The Morgan fingerprint density at radius 1 is 1.56 bits per heavy atom. The van der Waals surface area contributed by atoms with Gasteiger partial charge in [0.05, 0.1) is 5.56 Å². The number of pyridine rings is 1. The average molecular weight is 265 g/mol. The SMILES string of the molecule is CN(C)CCC1CN(C)C(=O)c2cccnc2S1. The predicted octanol–water partition coefficient (Wildman–Crippen LogP) is 1.58. The lowest BCUT2D eigenvalue weighted by Gasteiger charge is -2.21. The largest absolute Gasteiger partial charge is 0.340 e. The molecule has 0 N–H and O–H groups in total. The molecule has 0 radical (unpaired) electrons. The van der Waals surface area contributed by atoms with Crippen LogP contribution in [0.3, 0.4) is 0 Å². The second-order valence-corrected chi connectivity index (χ2v) is 6.16. The van der Waals surface area contributed by atoms with Gasteiger partial charge in [-0.3, -0.25) is 4.79 Å². The molecule has 2 heterocycles. The molecular weight excluding hydrogens is 246 g/mol. The van der Waals surface area contributed by atoms with E-state index in [1.807, 2.05) is 19.2 Å². The highest BCUT2D eigenvalue weighted by atomic mass is 32.2. The van der Waals surface area contributed by atoms with E-state index in [-0.39, 0.29) is 5.91 Å². The first-order valence-corrected chi connectivity index (χ1v) is 6.97. The maximum atomic E-state index is 12.2. The van der Waals surface area contributed by atoms with Crippen LogP contribution in [-0.2, 0) is 0 Å². The van der Waals surface area contributed by atoms with Crippen LogP contribution in [-0.4, -0.2) is 60.2 Å². The van der Waals surface area contributed by atoms with Crippen molar-refractivity contribution in [3.63, 3.8) is 0 Å². The number of hydrogen-bond acceptors (Lipinski definition) is 4. The molecule has 1 atom stereocenters. The minimum atomic E-state index is 0.0814. The van der Waals surface area contributed by atoms with Gasteiger partial charge in [-0.25, -0.2) is 4.98 Å². The summed E-state index contributed by atoms with van der Waals surface area (Å²) in [6.45, 7) is 1.82. The van der Waals surface area contributed by atoms with E-state index in [1.54, 1.807) is 22.9 Å². The van der Waals surface area contributed by atoms with Crippen molar-refractivity contribution in [3.8, 4) is 0 Å². The first-order valence-electron chi connectivity index (χ1n) is 6.10. The van der Waals surface area contributed by atoms with E-state index >= 15 is 0 Å². The van der Waals surface area contributed by atoms with Crippen LogP contribution in [0.4, 0.5) is 0 Å². The van der Waals surface area contributed by atoms with Gasteiger partial charge in [-0.15, -0.1) is 11.8 Å². The van der Waals surface area contributed by atoms with Crippen LogP contribution in [0.25, 0.3) is 0 Å². The Hall–Kier alpha value is -1.07. The number of aromatic nitrogens is 1. The van der Waals surface area contributed by atoms with Crippen LogP contribution in [0.5, 0.6) is 0 Å². The maximum absolute atomic E-state index is 12.2.